The van der Waals surface area contributed by atoms with Crippen molar-refractivity contribution in [1.82, 2.24) is 25.3 Å². The summed E-state index contributed by atoms with van der Waals surface area (Å²) in [5, 5.41) is 10.5. The van der Waals surface area contributed by atoms with E-state index >= 15 is 0 Å². The predicted molar refractivity (Wildman–Crippen MR) is 108 cm³/mol. The van der Waals surface area contributed by atoms with Crippen LogP contribution in [0, 0.1) is 5.92 Å². The number of amides is 2. The maximum atomic E-state index is 12.5. The van der Waals surface area contributed by atoms with Crippen LogP contribution in [0.15, 0.2) is 36.4 Å². The molecule has 0 bridgehead atoms. The van der Waals surface area contributed by atoms with Crippen molar-refractivity contribution in [3.05, 3.63) is 42.1 Å². The van der Waals surface area contributed by atoms with E-state index in [0.29, 0.717) is 0 Å². The first-order chi connectivity index (χ1) is 13.0. The molecule has 0 unspecified atom stereocenters. The number of carbonyl (C=O) groups is 1. The number of urea groups is 1. The van der Waals surface area contributed by atoms with E-state index in [2.05, 4.69) is 27.5 Å². The monoisotopic (exact) mass is 369 g/mol. The average molecular weight is 370 g/mol. The first-order valence-corrected chi connectivity index (χ1v) is 9.84. The SMILES string of the molecule is C[C@H](c1cc(-c2ccccc2)n[nH]1)N(C)C(=O)NCCC1CCN(C)CC1. The number of likely N-dealkylation sites (tertiary alicyclic amines) is 1. The van der Waals surface area contributed by atoms with E-state index in [1.54, 1.807) is 4.90 Å². The largest absolute Gasteiger partial charge is 0.338 e. The molecule has 3 rings (SSSR count). The summed E-state index contributed by atoms with van der Waals surface area (Å²) < 4.78 is 0. The number of H-pyrrole nitrogens is 1. The summed E-state index contributed by atoms with van der Waals surface area (Å²) in [5.74, 6) is 0.727. The molecular weight excluding hydrogens is 338 g/mol. The fourth-order valence-electron chi connectivity index (χ4n) is 3.55. The van der Waals surface area contributed by atoms with Gasteiger partial charge < -0.3 is 15.1 Å². The molecule has 1 aliphatic heterocycles. The van der Waals surface area contributed by atoms with Crippen LogP contribution in [0.1, 0.15) is 37.9 Å². The summed E-state index contributed by atoms with van der Waals surface area (Å²) in [4.78, 5) is 16.6. The van der Waals surface area contributed by atoms with Gasteiger partial charge in [-0.05, 0) is 58.3 Å². The number of hydrogen-bond acceptors (Lipinski definition) is 3. The highest BCUT2D eigenvalue weighted by molar-refractivity contribution is 5.74. The lowest BCUT2D eigenvalue weighted by Crippen LogP contribution is -2.40. The summed E-state index contributed by atoms with van der Waals surface area (Å²) in [7, 11) is 4.01. The van der Waals surface area contributed by atoms with Gasteiger partial charge in [-0.1, -0.05) is 30.3 Å². The Labute approximate surface area is 161 Å². The van der Waals surface area contributed by atoms with Crippen LogP contribution in [-0.4, -0.2) is 59.8 Å². The van der Waals surface area contributed by atoms with Gasteiger partial charge in [-0.15, -0.1) is 0 Å². The summed E-state index contributed by atoms with van der Waals surface area (Å²) in [5.41, 5.74) is 2.90. The molecule has 6 heteroatoms. The number of rotatable bonds is 6. The third kappa shape index (κ3) is 5.10. The molecule has 146 valence electrons. The molecule has 1 aromatic heterocycles. The van der Waals surface area contributed by atoms with Crippen LogP contribution < -0.4 is 5.32 Å². The van der Waals surface area contributed by atoms with E-state index in [-0.39, 0.29) is 12.1 Å². The molecule has 2 amide bonds. The maximum absolute atomic E-state index is 12.5. The van der Waals surface area contributed by atoms with Gasteiger partial charge in [0.25, 0.3) is 0 Å². The topological polar surface area (TPSA) is 64.3 Å². The summed E-state index contributed by atoms with van der Waals surface area (Å²) in [6.07, 6.45) is 3.52. The van der Waals surface area contributed by atoms with Crippen LogP contribution in [0.25, 0.3) is 11.3 Å². The van der Waals surface area contributed by atoms with Crippen LogP contribution in [0.4, 0.5) is 4.79 Å². The third-order valence-corrected chi connectivity index (χ3v) is 5.69. The minimum Gasteiger partial charge on any atom is -0.338 e. The van der Waals surface area contributed by atoms with Crippen molar-refractivity contribution >= 4 is 6.03 Å². The molecule has 1 atom stereocenters. The Morgan fingerprint density at radius 2 is 2.04 bits per heavy atom. The molecule has 2 N–H and O–H groups in total. The first kappa shape index (κ1) is 19.4. The number of aromatic amines is 1. The van der Waals surface area contributed by atoms with Gasteiger partial charge in [-0.3, -0.25) is 5.10 Å². The smallest absolute Gasteiger partial charge is 0.317 e. The van der Waals surface area contributed by atoms with Gasteiger partial charge in [-0.2, -0.15) is 5.10 Å². The summed E-state index contributed by atoms with van der Waals surface area (Å²) in [6.45, 7) is 5.08. The van der Waals surface area contributed by atoms with Crippen LogP contribution in [0.2, 0.25) is 0 Å². The first-order valence-electron chi connectivity index (χ1n) is 9.84. The van der Waals surface area contributed by atoms with Crippen molar-refractivity contribution in [3.8, 4) is 11.3 Å². The molecule has 1 aromatic carbocycles. The number of nitrogens with one attached hydrogen (secondary N) is 2. The molecule has 27 heavy (non-hydrogen) atoms. The lowest BCUT2D eigenvalue weighted by Gasteiger charge is -2.29. The zero-order chi connectivity index (χ0) is 19.2. The lowest BCUT2D eigenvalue weighted by atomic mass is 9.94. The Hall–Kier alpha value is -2.34. The maximum Gasteiger partial charge on any atom is 0.317 e. The van der Waals surface area contributed by atoms with Gasteiger partial charge in [0, 0.05) is 19.2 Å². The molecule has 6 nitrogen and oxygen atoms in total. The van der Waals surface area contributed by atoms with Gasteiger partial charge in [0.15, 0.2) is 0 Å². The van der Waals surface area contributed by atoms with E-state index in [4.69, 9.17) is 0 Å². The number of hydrogen-bond donors (Lipinski definition) is 2. The van der Waals surface area contributed by atoms with Crippen molar-refractivity contribution in [2.75, 3.05) is 33.7 Å². The molecular formula is C21H31N5O. The number of aromatic nitrogens is 2. The van der Waals surface area contributed by atoms with Crippen LogP contribution >= 0.6 is 0 Å². The molecule has 0 aliphatic carbocycles. The Balaban J connectivity index is 1.48. The lowest BCUT2D eigenvalue weighted by molar-refractivity contribution is 0.188. The predicted octanol–water partition coefficient (Wildman–Crippen LogP) is 3.51. The minimum atomic E-state index is -0.0710. The Kier molecular flexibility index (Phi) is 6.50. The van der Waals surface area contributed by atoms with Crippen molar-refractivity contribution in [2.45, 2.75) is 32.2 Å². The quantitative estimate of drug-likeness (QED) is 0.819. The standard InChI is InChI=1S/C21H31N5O/c1-16(19-15-20(24-23-19)18-7-5-4-6-8-18)26(3)21(27)22-12-9-17-10-13-25(2)14-11-17/h4-8,15-17H,9-14H2,1-3H3,(H,22,27)(H,23,24)/t16-/m1/s1. The molecule has 2 heterocycles. The van der Waals surface area contributed by atoms with Crippen molar-refractivity contribution in [3.63, 3.8) is 0 Å². The highest BCUT2D eigenvalue weighted by Crippen LogP contribution is 2.23. The molecule has 1 saturated heterocycles. The number of piperidine rings is 1. The van der Waals surface area contributed by atoms with Gasteiger partial charge in [0.2, 0.25) is 0 Å². The fourth-order valence-corrected chi connectivity index (χ4v) is 3.55. The molecule has 1 aliphatic rings. The molecule has 1 fully saturated rings. The van der Waals surface area contributed by atoms with E-state index in [1.807, 2.05) is 50.4 Å². The molecule has 0 radical (unpaired) electrons. The second-order valence-corrected chi connectivity index (χ2v) is 7.63. The Morgan fingerprint density at radius 1 is 1.33 bits per heavy atom. The minimum absolute atomic E-state index is 0.0358. The zero-order valence-electron chi connectivity index (χ0n) is 16.6. The molecule has 0 spiro atoms. The van der Waals surface area contributed by atoms with Crippen molar-refractivity contribution in [2.24, 2.45) is 5.92 Å². The highest BCUT2D eigenvalue weighted by Gasteiger charge is 2.21. The van der Waals surface area contributed by atoms with E-state index in [0.717, 1.165) is 35.8 Å². The number of nitrogens with zero attached hydrogens (tertiary/aromatic N) is 3. The molecule has 2 aromatic rings. The fraction of sp³-hybridized carbons (Fsp3) is 0.524. The van der Waals surface area contributed by atoms with Crippen molar-refractivity contribution in [1.29, 1.82) is 0 Å². The second-order valence-electron chi connectivity index (χ2n) is 7.63. The normalized spacial score (nSPS) is 16.9. The number of benzene rings is 1. The molecule has 0 saturated carbocycles. The Morgan fingerprint density at radius 3 is 2.74 bits per heavy atom. The summed E-state index contributed by atoms with van der Waals surface area (Å²) in [6, 6.07) is 12.0. The van der Waals surface area contributed by atoms with E-state index in [9.17, 15) is 4.79 Å². The van der Waals surface area contributed by atoms with Crippen molar-refractivity contribution < 1.29 is 4.79 Å². The highest BCUT2D eigenvalue weighted by atomic mass is 16.2. The second kappa shape index (κ2) is 9.04. The van der Waals surface area contributed by atoms with Crippen LogP contribution in [0.3, 0.4) is 0 Å². The van der Waals surface area contributed by atoms with E-state index in [1.165, 1.54) is 25.9 Å². The average Bonchev–Trinajstić information content (AvgIpc) is 3.19. The number of carbonyl (C=O) groups excluding carboxylic acids is 1. The van der Waals surface area contributed by atoms with E-state index < -0.39 is 0 Å². The van der Waals surface area contributed by atoms with Crippen LogP contribution in [0.5, 0.6) is 0 Å². The summed E-state index contributed by atoms with van der Waals surface area (Å²) >= 11 is 0. The van der Waals surface area contributed by atoms with Gasteiger partial charge in [0.05, 0.1) is 17.4 Å². The third-order valence-electron chi connectivity index (χ3n) is 5.69. The zero-order valence-corrected chi connectivity index (χ0v) is 16.6. The van der Waals surface area contributed by atoms with Crippen LogP contribution in [-0.2, 0) is 0 Å². The van der Waals surface area contributed by atoms with Gasteiger partial charge >= 0.3 is 6.03 Å². The van der Waals surface area contributed by atoms with Gasteiger partial charge in [0.1, 0.15) is 0 Å². The van der Waals surface area contributed by atoms with Gasteiger partial charge in [-0.25, -0.2) is 4.79 Å². The Bertz CT molecular complexity index is 721.